The van der Waals surface area contributed by atoms with Crippen LogP contribution in [0.4, 0.5) is 18.9 Å². The van der Waals surface area contributed by atoms with Gasteiger partial charge in [-0.1, -0.05) is 20.8 Å². The van der Waals surface area contributed by atoms with E-state index in [0.717, 1.165) is 0 Å². The van der Waals surface area contributed by atoms with E-state index in [2.05, 4.69) is 25.3 Å². The van der Waals surface area contributed by atoms with Crippen molar-refractivity contribution >= 4 is 11.6 Å². The fourth-order valence-corrected chi connectivity index (χ4v) is 4.03. The molecule has 0 atom stereocenters. The van der Waals surface area contributed by atoms with Gasteiger partial charge in [0.15, 0.2) is 0 Å². The molecule has 4 rings (SSSR count). The predicted octanol–water partition coefficient (Wildman–Crippen LogP) is 5.92. The number of halogens is 3. The molecule has 0 spiro atoms. The minimum atomic E-state index is -2.71. The second-order valence-corrected chi connectivity index (χ2v) is 9.58. The van der Waals surface area contributed by atoms with Crippen LogP contribution in [0.2, 0.25) is 0 Å². The van der Waals surface area contributed by atoms with Crippen molar-refractivity contribution in [3.63, 3.8) is 0 Å². The fraction of sp³-hybridized carbons (Fsp3) is 0.400. The van der Waals surface area contributed by atoms with Crippen molar-refractivity contribution in [2.75, 3.05) is 5.32 Å². The quantitative estimate of drug-likeness (QED) is 0.513. The number of rotatable bonds is 4. The van der Waals surface area contributed by atoms with Gasteiger partial charge in [0, 0.05) is 54.5 Å². The zero-order chi connectivity index (χ0) is 24.5. The molecule has 1 fully saturated rings. The van der Waals surface area contributed by atoms with Crippen molar-refractivity contribution in [3.05, 3.63) is 65.9 Å². The standard InChI is InChI=1S/C25H26F3N5O/c1-24(2,3)23-31-13-16(14-32-23)22(34)33-21-17(20-18(26)5-4-11-29-20)8-12-30-19(21)15-6-9-25(27,28)10-7-15/h4-5,8,11-15H,6-7,9-10H2,1-3H3,(H,33,34). The van der Waals surface area contributed by atoms with Crippen molar-refractivity contribution in [1.29, 1.82) is 0 Å². The van der Waals surface area contributed by atoms with Gasteiger partial charge in [-0.15, -0.1) is 0 Å². The van der Waals surface area contributed by atoms with E-state index in [1.165, 1.54) is 36.9 Å². The number of hydrogen-bond donors (Lipinski definition) is 1. The number of alkyl halides is 2. The predicted molar refractivity (Wildman–Crippen MR) is 122 cm³/mol. The summed E-state index contributed by atoms with van der Waals surface area (Å²) in [6.07, 6.45) is 5.68. The summed E-state index contributed by atoms with van der Waals surface area (Å²) in [6.45, 7) is 5.89. The highest BCUT2D eigenvalue weighted by Gasteiger charge is 2.37. The number of nitrogens with zero attached hydrogens (tertiary/aromatic N) is 4. The molecule has 1 saturated carbocycles. The summed E-state index contributed by atoms with van der Waals surface area (Å²) >= 11 is 0. The number of nitrogens with one attached hydrogen (secondary N) is 1. The van der Waals surface area contributed by atoms with Crippen LogP contribution in [0, 0.1) is 5.82 Å². The molecule has 1 N–H and O–H groups in total. The van der Waals surface area contributed by atoms with Gasteiger partial charge < -0.3 is 5.32 Å². The van der Waals surface area contributed by atoms with Crippen molar-refractivity contribution < 1.29 is 18.0 Å². The minimum Gasteiger partial charge on any atom is -0.320 e. The normalized spacial score (nSPS) is 16.3. The topological polar surface area (TPSA) is 80.7 Å². The fourth-order valence-electron chi connectivity index (χ4n) is 4.03. The Morgan fingerprint density at radius 1 is 1.03 bits per heavy atom. The lowest BCUT2D eigenvalue weighted by Gasteiger charge is -2.29. The molecule has 34 heavy (non-hydrogen) atoms. The first-order valence-corrected chi connectivity index (χ1v) is 11.2. The van der Waals surface area contributed by atoms with Gasteiger partial charge in [0.25, 0.3) is 5.91 Å². The molecular weight excluding hydrogens is 443 g/mol. The maximum absolute atomic E-state index is 14.6. The van der Waals surface area contributed by atoms with Crippen LogP contribution in [0.25, 0.3) is 11.3 Å². The molecule has 0 bridgehead atoms. The van der Waals surface area contributed by atoms with E-state index in [9.17, 15) is 18.0 Å². The second-order valence-electron chi connectivity index (χ2n) is 9.58. The Bertz CT molecular complexity index is 1180. The van der Waals surface area contributed by atoms with Gasteiger partial charge in [0.1, 0.15) is 17.3 Å². The highest BCUT2D eigenvalue weighted by molar-refractivity contribution is 6.06. The maximum atomic E-state index is 14.6. The third-order valence-corrected chi connectivity index (χ3v) is 5.92. The first-order valence-electron chi connectivity index (χ1n) is 11.2. The van der Waals surface area contributed by atoms with Crippen LogP contribution in [0.5, 0.6) is 0 Å². The SMILES string of the molecule is CC(C)(C)c1ncc(C(=O)Nc2c(-c3ncccc3F)ccnc2C2CCC(F)(F)CC2)cn1. The van der Waals surface area contributed by atoms with Gasteiger partial charge in [-0.25, -0.2) is 23.1 Å². The third kappa shape index (κ3) is 5.08. The van der Waals surface area contributed by atoms with Gasteiger partial charge >= 0.3 is 0 Å². The van der Waals surface area contributed by atoms with Crippen LogP contribution >= 0.6 is 0 Å². The van der Waals surface area contributed by atoms with Crippen LogP contribution in [0.15, 0.2) is 43.0 Å². The summed E-state index contributed by atoms with van der Waals surface area (Å²) in [4.78, 5) is 30.3. The lowest BCUT2D eigenvalue weighted by atomic mass is 9.83. The van der Waals surface area contributed by atoms with Gasteiger partial charge in [-0.2, -0.15) is 0 Å². The number of amides is 1. The molecule has 0 saturated heterocycles. The Balaban J connectivity index is 1.73. The zero-order valence-electron chi connectivity index (χ0n) is 19.3. The average Bonchev–Trinajstić information content (AvgIpc) is 2.79. The molecule has 0 aliphatic heterocycles. The van der Waals surface area contributed by atoms with Crippen LogP contribution < -0.4 is 5.32 Å². The van der Waals surface area contributed by atoms with Gasteiger partial charge in [-0.05, 0) is 31.0 Å². The maximum Gasteiger partial charge on any atom is 0.258 e. The van der Waals surface area contributed by atoms with E-state index in [-0.39, 0.29) is 54.0 Å². The van der Waals surface area contributed by atoms with Gasteiger partial charge in [0.05, 0.1) is 16.9 Å². The van der Waals surface area contributed by atoms with Gasteiger partial charge in [-0.3, -0.25) is 14.8 Å². The summed E-state index contributed by atoms with van der Waals surface area (Å²) in [5.41, 5.74) is 1.02. The molecule has 1 amide bonds. The molecule has 0 unspecified atom stereocenters. The van der Waals surface area contributed by atoms with Gasteiger partial charge in [0.2, 0.25) is 5.92 Å². The monoisotopic (exact) mass is 469 g/mol. The van der Waals surface area contributed by atoms with E-state index >= 15 is 0 Å². The van der Waals surface area contributed by atoms with E-state index < -0.39 is 17.6 Å². The van der Waals surface area contributed by atoms with Crippen LogP contribution in [0.1, 0.15) is 74.2 Å². The van der Waals surface area contributed by atoms with Crippen LogP contribution in [-0.2, 0) is 5.41 Å². The highest BCUT2D eigenvalue weighted by atomic mass is 19.3. The van der Waals surface area contributed by atoms with E-state index in [0.29, 0.717) is 17.1 Å². The summed E-state index contributed by atoms with van der Waals surface area (Å²) in [6, 6.07) is 4.30. The van der Waals surface area contributed by atoms with Crippen molar-refractivity contribution in [2.45, 2.75) is 63.7 Å². The smallest absolute Gasteiger partial charge is 0.258 e. The molecule has 178 valence electrons. The average molecular weight is 470 g/mol. The van der Waals surface area contributed by atoms with Crippen molar-refractivity contribution in [2.24, 2.45) is 0 Å². The summed E-state index contributed by atoms with van der Waals surface area (Å²) in [5.74, 6) is -3.50. The largest absolute Gasteiger partial charge is 0.320 e. The molecular formula is C25H26F3N5O. The van der Waals surface area contributed by atoms with Crippen molar-refractivity contribution in [3.8, 4) is 11.3 Å². The molecule has 9 heteroatoms. The first-order chi connectivity index (χ1) is 16.0. The Labute approximate surface area is 196 Å². The molecule has 1 aliphatic carbocycles. The number of pyridine rings is 2. The first kappa shape index (κ1) is 23.8. The van der Waals surface area contributed by atoms with Crippen LogP contribution in [-0.4, -0.2) is 31.8 Å². The van der Waals surface area contributed by atoms with E-state index in [4.69, 9.17) is 0 Å². The third-order valence-electron chi connectivity index (χ3n) is 5.92. The second kappa shape index (κ2) is 9.12. The summed E-state index contributed by atoms with van der Waals surface area (Å²) < 4.78 is 42.2. The number of anilines is 1. The van der Waals surface area contributed by atoms with Crippen LogP contribution in [0.3, 0.4) is 0 Å². The Kier molecular flexibility index (Phi) is 6.38. The molecule has 3 heterocycles. The minimum absolute atomic E-state index is 0.0434. The van der Waals surface area contributed by atoms with Crippen molar-refractivity contribution in [1.82, 2.24) is 19.9 Å². The molecule has 0 radical (unpaired) electrons. The number of aromatic nitrogens is 4. The molecule has 6 nitrogen and oxygen atoms in total. The lowest BCUT2D eigenvalue weighted by Crippen LogP contribution is -2.25. The molecule has 0 aromatic carbocycles. The highest BCUT2D eigenvalue weighted by Crippen LogP contribution is 2.44. The number of hydrogen-bond acceptors (Lipinski definition) is 5. The molecule has 3 aromatic rings. The summed E-state index contributed by atoms with van der Waals surface area (Å²) in [7, 11) is 0. The number of carbonyl (C=O) groups is 1. The zero-order valence-corrected chi connectivity index (χ0v) is 19.3. The van der Waals surface area contributed by atoms with E-state index in [1.54, 1.807) is 6.07 Å². The lowest BCUT2D eigenvalue weighted by molar-refractivity contribution is -0.0384. The Hall–Kier alpha value is -3.36. The molecule has 1 aliphatic rings. The number of carbonyl (C=O) groups excluding carboxylic acids is 1. The summed E-state index contributed by atoms with van der Waals surface area (Å²) in [5, 5.41) is 2.82. The molecule has 3 aromatic heterocycles. The Morgan fingerprint density at radius 2 is 1.71 bits per heavy atom. The Morgan fingerprint density at radius 3 is 2.32 bits per heavy atom. The van der Waals surface area contributed by atoms with E-state index in [1.807, 2.05) is 20.8 Å².